The molecule has 0 heterocycles. The molecule has 0 saturated carbocycles. The average molecular weight is 358 g/mol. The van der Waals surface area contributed by atoms with E-state index < -0.39 is 23.7 Å². The Morgan fingerprint density at radius 2 is 2.00 bits per heavy atom. The van der Waals surface area contributed by atoms with E-state index in [0.29, 0.717) is 0 Å². The number of halogens is 1. The second-order valence-corrected chi connectivity index (χ2v) is 6.68. The van der Waals surface area contributed by atoms with Crippen LogP contribution in [0.2, 0.25) is 0 Å². The summed E-state index contributed by atoms with van der Waals surface area (Å²) in [7, 11) is 0. The van der Waals surface area contributed by atoms with Crippen molar-refractivity contribution in [3.8, 4) is 0 Å². The van der Waals surface area contributed by atoms with E-state index in [1.807, 2.05) is 25.1 Å². The molecule has 0 aliphatic rings. The number of alkyl carbamates (subject to hydrolysis) is 1. The highest BCUT2D eigenvalue weighted by Crippen LogP contribution is 2.18. The number of carbonyl (C=O) groups excluding carboxylic acids is 1. The van der Waals surface area contributed by atoms with Crippen molar-refractivity contribution in [3.05, 3.63) is 33.8 Å². The minimum atomic E-state index is -1.10. The molecular weight excluding hydrogens is 338 g/mol. The number of aliphatic carboxylic acids is 1. The number of rotatable bonds is 4. The summed E-state index contributed by atoms with van der Waals surface area (Å²) >= 11 is 3.40. The highest BCUT2D eigenvalue weighted by Gasteiger charge is 2.24. The van der Waals surface area contributed by atoms with Crippen molar-refractivity contribution in [2.24, 2.45) is 0 Å². The van der Waals surface area contributed by atoms with E-state index in [1.54, 1.807) is 20.8 Å². The van der Waals surface area contributed by atoms with Gasteiger partial charge in [-0.3, -0.25) is 0 Å². The fourth-order valence-electron chi connectivity index (χ4n) is 1.65. The first-order valence-corrected chi connectivity index (χ1v) is 7.35. The zero-order chi connectivity index (χ0) is 16.2. The monoisotopic (exact) mass is 357 g/mol. The summed E-state index contributed by atoms with van der Waals surface area (Å²) < 4.78 is 5.98. The maximum Gasteiger partial charge on any atom is 0.408 e. The lowest BCUT2D eigenvalue weighted by molar-refractivity contribution is -0.139. The van der Waals surface area contributed by atoms with Crippen molar-refractivity contribution in [2.45, 2.75) is 45.8 Å². The molecule has 116 valence electrons. The van der Waals surface area contributed by atoms with E-state index in [2.05, 4.69) is 21.2 Å². The van der Waals surface area contributed by atoms with E-state index in [0.717, 1.165) is 15.6 Å². The zero-order valence-corrected chi connectivity index (χ0v) is 14.2. The number of hydrogen-bond donors (Lipinski definition) is 2. The molecule has 6 heteroatoms. The third kappa shape index (κ3) is 6.16. The number of nitrogens with one attached hydrogen (secondary N) is 1. The molecule has 0 aliphatic heterocycles. The third-order valence-corrected chi connectivity index (χ3v) is 3.52. The molecule has 0 fully saturated rings. The number of carboxylic acid groups (broad SMARTS) is 1. The number of amides is 1. The Hall–Kier alpha value is -1.56. The fraction of sp³-hybridized carbons (Fsp3) is 0.467. The lowest BCUT2D eigenvalue weighted by atomic mass is 10.0. The zero-order valence-electron chi connectivity index (χ0n) is 12.6. The van der Waals surface area contributed by atoms with Gasteiger partial charge in [-0.2, -0.15) is 0 Å². The first-order valence-electron chi connectivity index (χ1n) is 6.56. The van der Waals surface area contributed by atoms with Crippen LogP contribution in [0.5, 0.6) is 0 Å². The lowest BCUT2D eigenvalue weighted by Crippen LogP contribution is -2.44. The summed E-state index contributed by atoms with van der Waals surface area (Å²) in [5.41, 5.74) is 1.21. The Morgan fingerprint density at radius 3 is 2.48 bits per heavy atom. The number of carboxylic acids is 1. The van der Waals surface area contributed by atoms with Crippen LogP contribution in [0.15, 0.2) is 22.7 Å². The Morgan fingerprint density at radius 1 is 1.38 bits per heavy atom. The molecule has 1 aromatic rings. The highest BCUT2D eigenvalue weighted by atomic mass is 79.9. The summed E-state index contributed by atoms with van der Waals surface area (Å²) in [6, 6.07) is 4.55. The lowest BCUT2D eigenvalue weighted by Gasteiger charge is -2.22. The molecule has 1 atom stereocenters. The molecule has 1 amide bonds. The van der Waals surface area contributed by atoms with Crippen LogP contribution in [0, 0.1) is 6.92 Å². The van der Waals surface area contributed by atoms with Crippen LogP contribution in [0.25, 0.3) is 0 Å². The molecular formula is C15H20BrNO4. The first kappa shape index (κ1) is 17.5. The smallest absolute Gasteiger partial charge is 0.408 e. The first-order chi connectivity index (χ1) is 9.58. The number of benzene rings is 1. The average Bonchev–Trinajstić information content (AvgIpc) is 2.30. The van der Waals surface area contributed by atoms with Gasteiger partial charge in [-0.05, 0) is 44.9 Å². The van der Waals surface area contributed by atoms with E-state index in [1.165, 1.54) is 0 Å². The van der Waals surface area contributed by atoms with Gasteiger partial charge in [0.05, 0.1) is 0 Å². The van der Waals surface area contributed by atoms with Gasteiger partial charge in [-0.1, -0.05) is 28.1 Å². The molecule has 21 heavy (non-hydrogen) atoms. The molecule has 0 radical (unpaired) electrons. The van der Waals surface area contributed by atoms with Gasteiger partial charge in [0.1, 0.15) is 11.6 Å². The summed E-state index contributed by atoms with van der Waals surface area (Å²) in [4.78, 5) is 23.0. The van der Waals surface area contributed by atoms with Crippen LogP contribution < -0.4 is 5.32 Å². The molecule has 1 aromatic carbocycles. The number of carbonyl (C=O) groups is 2. The number of aryl methyl sites for hydroxylation is 1. The van der Waals surface area contributed by atoms with E-state index in [4.69, 9.17) is 4.74 Å². The fourth-order valence-corrected chi connectivity index (χ4v) is 2.08. The van der Waals surface area contributed by atoms with Crippen LogP contribution in [0.3, 0.4) is 0 Å². The van der Waals surface area contributed by atoms with Crippen molar-refractivity contribution >= 4 is 28.0 Å². The predicted octanol–water partition coefficient (Wildman–Crippen LogP) is 3.28. The van der Waals surface area contributed by atoms with Crippen molar-refractivity contribution in [3.63, 3.8) is 0 Å². The standard InChI is InChI=1S/C15H20BrNO4/c1-9-5-6-10(7-11(9)16)8-12(13(18)19)17-14(20)21-15(2,3)4/h5-7,12H,8H2,1-4H3,(H,17,20)(H,18,19). The normalized spacial score (nSPS) is 12.6. The Balaban J connectivity index is 2.76. The predicted molar refractivity (Wildman–Crippen MR) is 83.4 cm³/mol. The van der Waals surface area contributed by atoms with Crippen molar-refractivity contribution < 1.29 is 19.4 Å². The van der Waals surface area contributed by atoms with Crippen LogP contribution in [0.1, 0.15) is 31.9 Å². The van der Waals surface area contributed by atoms with Crippen molar-refractivity contribution in [2.75, 3.05) is 0 Å². The largest absolute Gasteiger partial charge is 0.480 e. The van der Waals surface area contributed by atoms with Gasteiger partial charge >= 0.3 is 12.1 Å². The SMILES string of the molecule is Cc1ccc(CC(NC(=O)OC(C)(C)C)C(=O)O)cc1Br. The van der Waals surface area contributed by atoms with Crippen LogP contribution in [0.4, 0.5) is 4.79 Å². The Kier molecular flexibility index (Phi) is 5.78. The maximum atomic E-state index is 11.7. The molecule has 0 bridgehead atoms. The maximum absolute atomic E-state index is 11.7. The molecule has 0 aromatic heterocycles. The molecule has 1 rings (SSSR count). The van der Waals surface area contributed by atoms with Gasteiger partial charge in [0.15, 0.2) is 0 Å². The van der Waals surface area contributed by atoms with Gasteiger partial charge in [0, 0.05) is 10.9 Å². The minimum Gasteiger partial charge on any atom is -0.480 e. The molecule has 1 unspecified atom stereocenters. The van der Waals surface area contributed by atoms with E-state index >= 15 is 0 Å². The van der Waals surface area contributed by atoms with E-state index in [-0.39, 0.29) is 6.42 Å². The van der Waals surface area contributed by atoms with Gasteiger partial charge in [0.2, 0.25) is 0 Å². The highest BCUT2D eigenvalue weighted by molar-refractivity contribution is 9.10. The summed E-state index contributed by atoms with van der Waals surface area (Å²) in [6.45, 7) is 7.11. The summed E-state index contributed by atoms with van der Waals surface area (Å²) in [5.74, 6) is -1.10. The molecule has 2 N–H and O–H groups in total. The van der Waals surface area contributed by atoms with Gasteiger partial charge in [-0.25, -0.2) is 9.59 Å². The Labute approximate surface area is 132 Å². The van der Waals surface area contributed by atoms with Crippen molar-refractivity contribution in [1.82, 2.24) is 5.32 Å². The van der Waals surface area contributed by atoms with Gasteiger partial charge in [-0.15, -0.1) is 0 Å². The second kappa shape index (κ2) is 6.93. The summed E-state index contributed by atoms with van der Waals surface area (Å²) in [6.07, 6.45) is -0.547. The number of ether oxygens (including phenoxy) is 1. The van der Waals surface area contributed by atoms with E-state index in [9.17, 15) is 14.7 Å². The molecule has 0 saturated heterocycles. The van der Waals surface area contributed by atoms with Crippen LogP contribution in [-0.4, -0.2) is 28.8 Å². The minimum absolute atomic E-state index is 0.188. The van der Waals surface area contributed by atoms with Gasteiger partial charge in [0.25, 0.3) is 0 Å². The molecule has 0 aliphatic carbocycles. The van der Waals surface area contributed by atoms with Crippen LogP contribution >= 0.6 is 15.9 Å². The topological polar surface area (TPSA) is 75.6 Å². The Bertz CT molecular complexity index is 537. The van der Waals surface area contributed by atoms with Crippen LogP contribution in [-0.2, 0) is 16.0 Å². The quantitative estimate of drug-likeness (QED) is 0.866. The van der Waals surface area contributed by atoms with Crippen molar-refractivity contribution in [1.29, 1.82) is 0 Å². The second-order valence-electron chi connectivity index (χ2n) is 5.82. The third-order valence-electron chi connectivity index (χ3n) is 2.67. The molecule has 5 nitrogen and oxygen atoms in total. The molecule has 0 spiro atoms. The summed E-state index contributed by atoms with van der Waals surface area (Å²) in [5, 5.41) is 11.6. The number of hydrogen-bond acceptors (Lipinski definition) is 3. The van der Waals surface area contributed by atoms with Gasteiger partial charge < -0.3 is 15.2 Å².